The number of hydrogen-bond donors (Lipinski definition) is 1. The SMILES string of the molecule is COCOc1ccc(CCN2Cc3c(cc(OCOC)c4c3O[C@@](C)(CC/C=C(\C)CCC=C(C)C)[C@@H](O)C4)C2=O)cc1. The number of methoxy groups -OCH3 is 2. The van der Waals surface area contributed by atoms with Gasteiger partial charge in [-0.2, -0.15) is 0 Å². The Hall–Kier alpha value is -3.33. The summed E-state index contributed by atoms with van der Waals surface area (Å²) in [4.78, 5) is 15.4. The Morgan fingerprint density at radius 3 is 2.47 bits per heavy atom. The zero-order valence-corrected chi connectivity index (χ0v) is 26.5. The molecule has 2 aromatic rings. The normalized spacial score (nSPS) is 19.5. The number of fused-ring (bicyclic) bond motifs is 3. The van der Waals surface area contributed by atoms with E-state index in [0.717, 1.165) is 41.7 Å². The molecule has 0 aromatic heterocycles. The van der Waals surface area contributed by atoms with Crippen LogP contribution in [0, 0.1) is 0 Å². The van der Waals surface area contributed by atoms with E-state index >= 15 is 0 Å². The summed E-state index contributed by atoms with van der Waals surface area (Å²) in [6.45, 7) is 9.61. The average molecular weight is 594 g/mol. The van der Waals surface area contributed by atoms with Gasteiger partial charge in [-0.1, -0.05) is 35.4 Å². The van der Waals surface area contributed by atoms with Gasteiger partial charge in [0.2, 0.25) is 0 Å². The van der Waals surface area contributed by atoms with Crippen LogP contribution in [0.4, 0.5) is 0 Å². The lowest BCUT2D eigenvalue weighted by atomic mass is 9.84. The number of carbonyl (C=O) groups is 1. The minimum absolute atomic E-state index is 0.0391. The van der Waals surface area contributed by atoms with E-state index in [0.29, 0.717) is 49.4 Å². The van der Waals surface area contributed by atoms with Gasteiger partial charge in [-0.3, -0.25) is 4.79 Å². The van der Waals surface area contributed by atoms with Crippen LogP contribution in [0.1, 0.15) is 80.4 Å². The van der Waals surface area contributed by atoms with E-state index in [1.807, 2.05) is 36.1 Å². The Balaban J connectivity index is 1.50. The van der Waals surface area contributed by atoms with Gasteiger partial charge in [0.05, 0.1) is 18.2 Å². The Bertz CT molecular complexity index is 1310. The smallest absolute Gasteiger partial charge is 0.254 e. The second-order valence-corrected chi connectivity index (χ2v) is 12.0. The summed E-state index contributed by atoms with van der Waals surface area (Å²) in [6.07, 6.45) is 8.39. The number of nitrogens with zero attached hydrogens (tertiary/aromatic N) is 1. The number of ether oxygens (including phenoxy) is 5. The highest BCUT2D eigenvalue weighted by Crippen LogP contribution is 2.46. The van der Waals surface area contributed by atoms with Gasteiger partial charge in [-0.05, 0) is 83.6 Å². The topological polar surface area (TPSA) is 86.7 Å². The first-order valence-corrected chi connectivity index (χ1v) is 15.1. The van der Waals surface area contributed by atoms with Gasteiger partial charge in [0, 0.05) is 38.3 Å². The third-order valence-corrected chi connectivity index (χ3v) is 8.24. The molecule has 8 nitrogen and oxygen atoms in total. The van der Waals surface area contributed by atoms with Crippen molar-refractivity contribution in [1.29, 1.82) is 0 Å². The van der Waals surface area contributed by atoms with Crippen molar-refractivity contribution in [3.63, 3.8) is 0 Å². The molecule has 234 valence electrons. The molecule has 0 aliphatic carbocycles. The molecule has 0 saturated carbocycles. The van der Waals surface area contributed by atoms with Crippen LogP contribution >= 0.6 is 0 Å². The largest absolute Gasteiger partial charge is 0.484 e. The molecule has 2 heterocycles. The third kappa shape index (κ3) is 8.19. The number of aliphatic hydroxyl groups excluding tert-OH is 1. The zero-order chi connectivity index (χ0) is 31.0. The molecule has 2 aliphatic heterocycles. The fourth-order valence-electron chi connectivity index (χ4n) is 5.62. The molecule has 2 atom stereocenters. The summed E-state index contributed by atoms with van der Waals surface area (Å²) in [5, 5.41) is 11.3. The summed E-state index contributed by atoms with van der Waals surface area (Å²) in [6, 6.07) is 9.61. The number of allylic oxidation sites excluding steroid dienone is 4. The fourth-order valence-corrected chi connectivity index (χ4v) is 5.62. The van der Waals surface area contributed by atoms with Crippen LogP contribution in [-0.4, -0.2) is 62.0 Å². The summed E-state index contributed by atoms with van der Waals surface area (Å²) in [7, 11) is 3.14. The highest BCUT2D eigenvalue weighted by molar-refractivity contribution is 6.00. The first-order chi connectivity index (χ1) is 20.6. The van der Waals surface area contributed by atoms with Crippen LogP contribution < -0.4 is 14.2 Å². The molecular weight excluding hydrogens is 546 g/mol. The zero-order valence-electron chi connectivity index (χ0n) is 26.5. The molecule has 2 aliphatic rings. The predicted octanol–water partition coefficient (Wildman–Crippen LogP) is 6.38. The van der Waals surface area contributed by atoms with Gasteiger partial charge in [0.25, 0.3) is 5.91 Å². The Kier molecular flexibility index (Phi) is 11.3. The van der Waals surface area contributed by atoms with Crippen LogP contribution in [0.3, 0.4) is 0 Å². The maximum absolute atomic E-state index is 13.6. The molecule has 1 N–H and O–H groups in total. The predicted molar refractivity (Wildman–Crippen MR) is 167 cm³/mol. The number of carbonyl (C=O) groups excluding carboxylic acids is 1. The number of amides is 1. The van der Waals surface area contributed by atoms with Crippen molar-refractivity contribution < 1.29 is 33.6 Å². The van der Waals surface area contributed by atoms with Crippen molar-refractivity contribution in [3.05, 3.63) is 75.9 Å². The van der Waals surface area contributed by atoms with Crippen LogP contribution in [0.15, 0.2) is 53.6 Å². The number of hydrogen-bond acceptors (Lipinski definition) is 7. The van der Waals surface area contributed by atoms with E-state index in [1.165, 1.54) is 11.1 Å². The Morgan fingerprint density at radius 2 is 1.77 bits per heavy atom. The second kappa shape index (κ2) is 14.9. The molecule has 0 spiro atoms. The number of benzene rings is 2. The Labute approximate surface area is 256 Å². The quantitative estimate of drug-likeness (QED) is 0.190. The van der Waals surface area contributed by atoms with E-state index in [4.69, 9.17) is 23.7 Å². The monoisotopic (exact) mass is 593 g/mol. The van der Waals surface area contributed by atoms with E-state index in [-0.39, 0.29) is 19.5 Å². The van der Waals surface area contributed by atoms with E-state index in [9.17, 15) is 9.90 Å². The third-order valence-electron chi connectivity index (χ3n) is 8.24. The lowest BCUT2D eigenvalue weighted by Crippen LogP contribution is -2.49. The minimum atomic E-state index is -0.791. The van der Waals surface area contributed by atoms with Crippen molar-refractivity contribution in [3.8, 4) is 17.2 Å². The average Bonchev–Trinajstić information content (AvgIpc) is 3.30. The first kappa shape index (κ1) is 32.6. The van der Waals surface area contributed by atoms with Crippen molar-refractivity contribution in [2.24, 2.45) is 0 Å². The maximum Gasteiger partial charge on any atom is 0.254 e. The minimum Gasteiger partial charge on any atom is -0.484 e. The second-order valence-electron chi connectivity index (χ2n) is 12.0. The molecule has 0 bridgehead atoms. The molecule has 43 heavy (non-hydrogen) atoms. The molecule has 0 saturated heterocycles. The molecule has 8 heteroatoms. The van der Waals surface area contributed by atoms with Gasteiger partial charge < -0.3 is 33.7 Å². The van der Waals surface area contributed by atoms with E-state index < -0.39 is 11.7 Å². The standard InChI is InChI=1S/C35H47NO7/c1-24(2)9-7-10-25(3)11-8-17-35(4)32(37)20-29-31(42-23-40-6)19-28-30(33(29)43-35)21-36(34(28)38)18-16-26-12-14-27(15-13-26)41-22-39-5/h9,11-15,19,32,37H,7-8,10,16-18,20-23H2,1-6H3/b25-11+/t32-,35-/m0/s1. The van der Waals surface area contributed by atoms with Crippen LogP contribution in [0.5, 0.6) is 17.2 Å². The van der Waals surface area contributed by atoms with Gasteiger partial charge in [0.15, 0.2) is 13.6 Å². The van der Waals surface area contributed by atoms with Crippen molar-refractivity contribution in [2.75, 3.05) is 34.4 Å². The lowest BCUT2D eigenvalue weighted by molar-refractivity contribution is -0.0606. The van der Waals surface area contributed by atoms with Gasteiger partial charge in [-0.25, -0.2) is 0 Å². The molecule has 4 rings (SSSR count). The van der Waals surface area contributed by atoms with Gasteiger partial charge >= 0.3 is 0 Å². The molecule has 0 radical (unpaired) electrons. The molecule has 0 unspecified atom stereocenters. The summed E-state index contributed by atoms with van der Waals surface area (Å²) >= 11 is 0. The van der Waals surface area contributed by atoms with E-state index in [1.54, 1.807) is 20.3 Å². The van der Waals surface area contributed by atoms with Crippen molar-refractivity contribution in [1.82, 2.24) is 4.90 Å². The van der Waals surface area contributed by atoms with Gasteiger partial charge in [-0.15, -0.1) is 0 Å². The van der Waals surface area contributed by atoms with Crippen molar-refractivity contribution in [2.45, 2.75) is 84.5 Å². The highest BCUT2D eigenvalue weighted by atomic mass is 16.7. The van der Waals surface area contributed by atoms with Crippen LogP contribution in [0.2, 0.25) is 0 Å². The number of rotatable bonds is 15. The summed E-state index contributed by atoms with van der Waals surface area (Å²) in [5.74, 6) is 1.87. The first-order valence-electron chi connectivity index (χ1n) is 15.1. The fraction of sp³-hybridized carbons (Fsp3) is 0.514. The molecule has 2 aromatic carbocycles. The summed E-state index contributed by atoms with van der Waals surface area (Å²) < 4.78 is 28.2. The Morgan fingerprint density at radius 1 is 1.05 bits per heavy atom. The maximum atomic E-state index is 13.6. The van der Waals surface area contributed by atoms with E-state index in [2.05, 4.69) is 32.9 Å². The molecule has 1 amide bonds. The highest BCUT2D eigenvalue weighted by Gasteiger charge is 2.44. The molecular formula is C35H47NO7. The van der Waals surface area contributed by atoms with Crippen molar-refractivity contribution >= 4 is 5.91 Å². The van der Waals surface area contributed by atoms with Gasteiger partial charge in [0.1, 0.15) is 22.8 Å². The van der Waals surface area contributed by atoms with Crippen LogP contribution in [0.25, 0.3) is 0 Å². The number of aliphatic hydroxyl groups is 1. The lowest BCUT2D eigenvalue weighted by Gasteiger charge is -2.41. The summed E-state index contributed by atoms with van der Waals surface area (Å²) in [5.41, 5.74) is 5.22. The van der Waals surface area contributed by atoms with Crippen LogP contribution in [-0.2, 0) is 28.9 Å². The molecule has 0 fully saturated rings.